The van der Waals surface area contributed by atoms with Crippen LogP contribution in [0.4, 0.5) is 5.82 Å². The molecule has 5 heteroatoms. The highest BCUT2D eigenvalue weighted by atomic mass is 16.4. The molecule has 1 fully saturated rings. The SMILES string of the molecule is CN1CCCCC1CNc1ncccc1C(=O)O. The average molecular weight is 249 g/mol. The fraction of sp³-hybridized carbons (Fsp3) is 0.538. The molecule has 1 aromatic rings. The molecule has 1 saturated heterocycles. The lowest BCUT2D eigenvalue weighted by atomic mass is 10.0. The third kappa shape index (κ3) is 2.98. The Hall–Kier alpha value is -1.62. The van der Waals surface area contributed by atoms with Crippen molar-refractivity contribution < 1.29 is 9.90 Å². The van der Waals surface area contributed by atoms with E-state index in [0.29, 0.717) is 11.9 Å². The topological polar surface area (TPSA) is 65.5 Å². The smallest absolute Gasteiger partial charge is 0.339 e. The van der Waals surface area contributed by atoms with Gasteiger partial charge in [-0.1, -0.05) is 6.42 Å². The van der Waals surface area contributed by atoms with Gasteiger partial charge in [0.25, 0.3) is 0 Å². The Morgan fingerprint density at radius 3 is 3.17 bits per heavy atom. The Bertz CT molecular complexity index is 422. The second kappa shape index (κ2) is 5.82. The minimum Gasteiger partial charge on any atom is -0.478 e. The number of likely N-dealkylation sites (tertiary alicyclic amines) is 1. The summed E-state index contributed by atoms with van der Waals surface area (Å²) in [6, 6.07) is 3.67. The fourth-order valence-electron chi connectivity index (χ4n) is 2.34. The summed E-state index contributed by atoms with van der Waals surface area (Å²) in [7, 11) is 2.11. The van der Waals surface area contributed by atoms with E-state index in [4.69, 9.17) is 5.11 Å². The Morgan fingerprint density at radius 2 is 2.44 bits per heavy atom. The van der Waals surface area contributed by atoms with Gasteiger partial charge in [0.2, 0.25) is 0 Å². The number of hydrogen-bond donors (Lipinski definition) is 2. The lowest BCUT2D eigenvalue weighted by molar-refractivity contribution is 0.0697. The maximum Gasteiger partial charge on any atom is 0.339 e. The molecule has 1 unspecified atom stereocenters. The molecule has 0 bridgehead atoms. The molecule has 18 heavy (non-hydrogen) atoms. The van der Waals surface area contributed by atoms with Gasteiger partial charge >= 0.3 is 5.97 Å². The number of nitrogens with zero attached hydrogens (tertiary/aromatic N) is 2. The van der Waals surface area contributed by atoms with Crippen molar-refractivity contribution in [1.82, 2.24) is 9.88 Å². The first-order valence-corrected chi connectivity index (χ1v) is 6.31. The summed E-state index contributed by atoms with van der Waals surface area (Å²) in [5.74, 6) is -0.480. The molecule has 0 aliphatic carbocycles. The highest BCUT2D eigenvalue weighted by Crippen LogP contribution is 2.17. The molecule has 1 aromatic heterocycles. The number of aromatic carboxylic acids is 1. The largest absolute Gasteiger partial charge is 0.478 e. The van der Waals surface area contributed by atoms with Crippen molar-refractivity contribution in [2.75, 3.05) is 25.5 Å². The van der Waals surface area contributed by atoms with Gasteiger partial charge in [-0.25, -0.2) is 9.78 Å². The zero-order chi connectivity index (χ0) is 13.0. The molecule has 98 valence electrons. The van der Waals surface area contributed by atoms with E-state index in [1.54, 1.807) is 18.3 Å². The molecule has 5 nitrogen and oxygen atoms in total. The van der Waals surface area contributed by atoms with Gasteiger partial charge in [0.05, 0.1) is 0 Å². The van der Waals surface area contributed by atoms with Gasteiger partial charge in [-0.3, -0.25) is 0 Å². The Morgan fingerprint density at radius 1 is 1.61 bits per heavy atom. The normalized spacial score (nSPS) is 20.6. The molecule has 0 radical (unpaired) electrons. The van der Waals surface area contributed by atoms with Crippen molar-refractivity contribution in [2.45, 2.75) is 25.3 Å². The van der Waals surface area contributed by atoms with E-state index in [1.807, 2.05) is 0 Å². The van der Waals surface area contributed by atoms with Gasteiger partial charge in [-0.05, 0) is 38.6 Å². The number of carboxylic acid groups (broad SMARTS) is 1. The number of anilines is 1. The van der Waals surface area contributed by atoms with Crippen molar-refractivity contribution in [2.24, 2.45) is 0 Å². The third-order valence-corrected chi connectivity index (χ3v) is 3.46. The van der Waals surface area contributed by atoms with E-state index in [9.17, 15) is 4.79 Å². The number of rotatable bonds is 4. The summed E-state index contributed by atoms with van der Waals surface area (Å²) in [6.07, 6.45) is 5.25. The molecule has 2 N–H and O–H groups in total. The highest BCUT2D eigenvalue weighted by molar-refractivity contribution is 5.92. The van der Waals surface area contributed by atoms with Gasteiger partial charge in [0.1, 0.15) is 11.4 Å². The minimum absolute atomic E-state index is 0.232. The first-order chi connectivity index (χ1) is 8.68. The van der Waals surface area contributed by atoms with E-state index < -0.39 is 5.97 Å². The monoisotopic (exact) mass is 249 g/mol. The van der Waals surface area contributed by atoms with E-state index in [1.165, 1.54) is 12.8 Å². The van der Waals surface area contributed by atoms with Crippen LogP contribution in [0.3, 0.4) is 0 Å². The molecule has 1 atom stereocenters. The predicted molar refractivity (Wildman–Crippen MR) is 70.0 cm³/mol. The summed E-state index contributed by atoms with van der Waals surface area (Å²) < 4.78 is 0. The van der Waals surface area contributed by atoms with Crippen LogP contribution in [0.1, 0.15) is 29.6 Å². The maximum atomic E-state index is 11.0. The predicted octanol–water partition coefficient (Wildman–Crippen LogP) is 1.68. The summed E-state index contributed by atoms with van der Waals surface area (Å²) in [5, 5.41) is 12.2. The number of aromatic nitrogens is 1. The first-order valence-electron chi connectivity index (χ1n) is 6.31. The number of pyridine rings is 1. The summed E-state index contributed by atoms with van der Waals surface area (Å²) in [5.41, 5.74) is 0.232. The van der Waals surface area contributed by atoms with Crippen LogP contribution in [0, 0.1) is 0 Å². The van der Waals surface area contributed by atoms with E-state index in [2.05, 4.69) is 22.2 Å². The second-order valence-corrected chi connectivity index (χ2v) is 4.72. The molecular formula is C13H19N3O2. The van der Waals surface area contributed by atoms with Crippen LogP contribution in [-0.4, -0.2) is 47.1 Å². The number of hydrogen-bond acceptors (Lipinski definition) is 4. The molecule has 2 heterocycles. The van der Waals surface area contributed by atoms with Crippen molar-refractivity contribution in [3.8, 4) is 0 Å². The van der Waals surface area contributed by atoms with Gasteiger partial charge in [-0.15, -0.1) is 0 Å². The molecule has 0 spiro atoms. The van der Waals surface area contributed by atoms with Crippen molar-refractivity contribution in [3.63, 3.8) is 0 Å². The molecule has 0 aromatic carbocycles. The van der Waals surface area contributed by atoms with Gasteiger partial charge < -0.3 is 15.3 Å². The fourth-order valence-corrected chi connectivity index (χ4v) is 2.34. The molecular weight excluding hydrogens is 230 g/mol. The van der Waals surface area contributed by atoms with E-state index in [-0.39, 0.29) is 5.56 Å². The molecule has 0 amide bonds. The van der Waals surface area contributed by atoms with E-state index in [0.717, 1.165) is 19.5 Å². The lowest BCUT2D eigenvalue weighted by Crippen LogP contribution is -2.41. The quantitative estimate of drug-likeness (QED) is 0.850. The maximum absolute atomic E-state index is 11.0. The van der Waals surface area contributed by atoms with E-state index >= 15 is 0 Å². The zero-order valence-electron chi connectivity index (χ0n) is 10.6. The first kappa shape index (κ1) is 12.8. The number of piperidine rings is 1. The Labute approximate surface area is 107 Å². The standard InChI is InChI=1S/C13H19N3O2/c1-16-8-3-2-5-10(16)9-15-12-11(13(17)18)6-4-7-14-12/h4,6-7,10H,2-3,5,8-9H2,1H3,(H,14,15)(H,17,18). The van der Waals surface area contributed by atoms with Crippen LogP contribution in [-0.2, 0) is 0 Å². The van der Waals surface area contributed by atoms with Crippen LogP contribution in [0.25, 0.3) is 0 Å². The lowest BCUT2D eigenvalue weighted by Gasteiger charge is -2.32. The van der Waals surface area contributed by atoms with Gasteiger partial charge in [0.15, 0.2) is 0 Å². The molecule has 0 saturated carbocycles. The van der Waals surface area contributed by atoms with Crippen molar-refractivity contribution in [1.29, 1.82) is 0 Å². The van der Waals surface area contributed by atoms with Crippen LogP contribution in [0.5, 0.6) is 0 Å². The second-order valence-electron chi connectivity index (χ2n) is 4.72. The Balaban J connectivity index is 1.99. The van der Waals surface area contributed by atoms with Gasteiger partial charge in [0, 0.05) is 18.8 Å². The summed E-state index contributed by atoms with van der Waals surface area (Å²) in [6.45, 7) is 1.86. The third-order valence-electron chi connectivity index (χ3n) is 3.46. The van der Waals surface area contributed by atoms with Crippen LogP contribution < -0.4 is 5.32 Å². The van der Waals surface area contributed by atoms with Crippen molar-refractivity contribution >= 4 is 11.8 Å². The molecule has 1 aliphatic rings. The number of carbonyl (C=O) groups is 1. The summed E-state index contributed by atoms with van der Waals surface area (Å²) in [4.78, 5) is 17.5. The Kier molecular flexibility index (Phi) is 4.15. The molecule has 2 rings (SSSR count). The van der Waals surface area contributed by atoms with Crippen LogP contribution in [0.2, 0.25) is 0 Å². The average Bonchev–Trinajstić information content (AvgIpc) is 2.38. The number of carboxylic acids is 1. The van der Waals surface area contributed by atoms with Crippen LogP contribution >= 0.6 is 0 Å². The summed E-state index contributed by atoms with van der Waals surface area (Å²) >= 11 is 0. The molecule has 1 aliphatic heterocycles. The minimum atomic E-state index is -0.942. The zero-order valence-corrected chi connectivity index (χ0v) is 10.6. The highest BCUT2D eigenvalue weighted by Gasteiger charge is 2.19. The van der Waals surface area contributed by atoms with Crippen LogP contribution in [0.15, 0.2) is 18.3 Å². The number of nitrogens with one attached hydrogen (secondary N) is 1. The van der Waals surface area contributed by atoms with Gasteiger partial charge in [-0.2, -0.15) is 0 Å². The van der Waals surface area contributed by atoms with Crippen molar-refractivity contribution in [3.05, 3.63) is 23.9 Å². The number of likely N-dealkylation sites (N-methyl/N-ethyl adjacent to an activating group) is 1.